The first kappa shape index (κ1) is 16.8. The zero-order valence-electron chi connectivity index (χ0n) is 13.0. The molecule has 0 saturated carbocycles. The van der Waals surface area contributed by atoms with Crippen molar-refractivity contribution in [3.8, 4) is 6.07 Å². The summed E-state index contributed by atoms with van der Waals surface area (Å²) in [5.74, 6) is -0.666. The minimum atomic E-state index is -0.607. The molecular formula is C16H17F2N5. The van der Waals surface area contributed by atoms with E-state index in [4.69, 9.17) is 5.26 Å². The number of likely N-dealkylation sites (N-methyl/N-ethyl adjacent to an activating group) is 1. The van der Waals surface area contributed by atoms with Crippen molar-refractivity contribution in [1.29, 1.82) is 5.26 Å². The van der Waals surface area contributed by atoms with Crippen LogP contribution in [0.15, 0.2) is 30.3 Å². The van der Waals surface area contributed by atoms with E-state index in [2.05, 4.69) is 10.2 Å². The van der Waals surface area contributed by atoms with Crippen molar-refractivity contribution in [3.63, 3.8) is 0 Å². The molecule has 5 nitrogen and oxygen atoms in total. The molecule has 120 valence electrons. The first-order valence-electron chi connectivity index (χ1n) is 7.07. The highest BCUT2D eigenvalue weighted by Gasteiger charge is 2.13. The highest BCUT2D eigenvalue weighted by molar-refractivity contribution is 5.40. The van der Waals surface area contributed by atoms with Crippen LogP contribution in [-0.4, -0.2) is 42.3 Å². The van der Waals surface area contributed by atoms with Gasteiger partial charge in [0.1, 0.15) is 17.7 Å². The fraction of sp³-hybridized carbons (Fsp3) is 0.312. The van der Waals surface area contributed by atoms with Gasteiger partial charge in [-0.1, -0.05) is 6.07 Å². The molecule has 1 aromatic heterocycles. The van der Waals surface area contributed by atoms with E-state index in [0.717, 1.165) is 12.6 Å². The summed E-state index contributed by atoms with van der Waals surface area (Å²) < 4.78 is 26.9. The summed E-state index contributed by atoms with van der Waals surface area (Å²) in [5, 5.41) is 16.6. The molecule has 1 heterocycles. The van der Waals surface area contributed by atoms with Crippen LogP contribution in [0.3, 0.4) is 0 Å². The minimum absolute atomic E-state index is 0.217. The van der Waals surface area contributed by atoms with Gasteiger partial charge < -0.3 is 9.80 Å². The van der Waals surface area contributed by atoms with Gasteiger partial charge in [-0.3, -0.25) is 0 Å². The van der Waals surface area contributed by atoms with E-state index in [1.54, 1.807) is 12.1 Å². The summed E-state index contributed by atoms with van der Waals surface area (Å²) >= 11 is 0. The van der Waals surface area contributed by atoms with Crippen LogP contribution in [-0.2, 0) is 6.54 Å². The highest BCUT2D eigenvalue weighted by Crippen LogP contribution is 2.17. The number of halogens is 2. The zero-order valence-corrected chi connectivity index (χ0v) is 13.0. The lowest BCUT2D eigenvalue weighted by Gasteiger charge is -2.25. The molecule has 0 aliphatic heterocycles. The molecule has 7 heteroatoms. The molecule has 2 rings (SSSR count). The lowest BCUT2D eigenvalue weighted by atomic mass is 10.2. The molecule has 0 N–H and O–H groups in total. The summed E-state index contributed by atoms with van der Waals surface area (Å²) in [6.07, 6.45) is 0. The van der Waals surface area contributed by atoms with Crippen LogP contribution >= 0.6 is 0 Å². The van der Waals surface area contributed by atoms with Crippen molar-refractivity contribution >= 4 is 5.82 Å². The second-order valence-electron chi connectivity index (χ2n) is 5.35. The van der Waals surface area contributed by atoms with Gasteiger partial charge in [0, 0.05) is 31.3 Å². The van der Waals surface area contributed by atoms with Crippen molar-refractivity contribution in [2.75, 3.05) is 32.1 Å². The quantitative estimate of drug-likeness (QED) is 0.817. The van der Waals surface area contributed by atoms with Crippen LogP contribution in [0.1, 0.15) is 11.3 Å². The average Bonchev–Trinajstić information content (AvgIpc) is 2.53. The summed E-state index contributed by atoms with van der Waals surface area (Å²) in [6, 6.07) is 8.65. The lowest BCUT2D eigenvalue weighted by Crippen LogP contribution is -2.32. The Morgan fingerprint density at radius 1 is 1.09 bits per heavy atom. The molecule has 0 spiro atoms. The van der Waals surface area contributed by atoms with Gasteiger partial charge in [-0.15, -0.1) is 10.2 Å². The molecule has 0 atom stereocenters. The molecule has 0 bridgehead atoms. The SMILES string of the molecule is CN(C)CCN(Cc1ccc(F)cc1F)c1ccc(C#N)nn1. The fourth-order valence-electron chi connectivity index (χ4n) is 2.00. The molecule has 23 heavy (non-hydrogen) atoms. The molecule has 0 amide bonds. The molecule has 0 radical (unpaired) electrons. The van der Waals surface area contributed by atoms with Gasteiger partial charge in [0.25, 0.3) is 0 Å². The van der Waals surface area contributed by atoms with Crippen molar-refractivity contribution in [2.24, 2.45) is 0 Å². The van der Waals surface area contributed by atoms with Crippen LogP contribution in [0.2, 0.25) is 0 Å². The predicted molar refractivity (Wildman–Crippen MR) is 82.7 cm³/mol. The number of rotatable bonds is 6. The average molecular weight is 317 g/mol. The van der Waals surface area contributed by atoms with Crippen molar-refractivity contribution in [2.45, 2.75) is 6.54 Å². The Bertz CT molecular complexity index is 695. The number of hydrogen-bond acceptors (Lipinski definition) is 5. The Morgan fingerprint density at radius 3 is 2.43 bits per heavy atom. The second-order valence-corrected chi connectivity index (χ2v) is 5.35. The summed E-state index contributed by atoms with van der Waals surface area (Å²) in [6.45, 7) is 1.55. The monoisotopic (exact) mass is 317 g/mol. The first-order chi connectivity index (χ1) is 11.0. The normalized spacial score (nSPS) is 10.6. The number of benzene rings is 1. The minimum Gasteiger partial charge on any atom is -0.349 e. The summed E-state index contributed by atoms with van der Waals surface area (Å²) in [5.41, 5.74) is 0.589. The Balaban J connectivity index is 2.23. The van der Waals surface area contributed by atoms with Crippen molar-refractivity contribution in [3.05, 3.63) is 53.2 Å². The number of hydrogen-bond donors (Lipinski definition) is 0. The van der Waals surface area contributed by atoms with E-state index in [1.807, 2.05) is 30.0 Å². The maximum atomic E-state index is 13.9. The van der Waals surface area contributed by atoms with E-state index in [-0.39, 0.29) is 12.2 Å². The molecule has 2 aromatic rings. The largest absolute Gasteiger partial charge is 0.349 e. The van der Waals surface area contributed by atoms with Gasteiger partial charge in [0.2, 0.25) is 0 Å². The summed E-state index contributed by atoms with van der Waals surface area (Å²) in [4.78, 5) is 3.83. The van der Waals surface area contributed by atoms with E-state index in [1.165, 1.54) is 12.1 Å². The van der Waals surface area contributed by atoms with Gasteiger partial charge in [-0.25, -0.2) is 8.78 Å². The van der Waals surface area contributed by atoms with Crippen LogP contribution in [0.5, 0.6) is 0 Å². The number of anilines is 1. The van der Waals surface area contributed by atoms with Gasteiger partial charge in [-0.05, 0) is 32.3 Å². The smallest absolute Gasteiger partial charge is 0.163 e. The highest BCUT2D eigenvalue weighted by atomic mass is 19.1. The van der Waals surface area contributed by atoms with Crippen LogP contribution < -0.4 is 4.90 Å². The lowest BCUT2D eigenvalue weighted by molar-refractivity contribution is 0.411. The third-order valence-corrected chi connectivity index (χ3v) is 3.28. The van der Waals surface area contributed by atoms with Crippen LogP contribution in [0.25, 0.3) is 0 Å². The zero-order chi connectivity index (χ0) is 16.8. The van der Waals surface area contributed by atoms with Crippen molar-refractivity contribution < 1.29 is 8.78 Å². The van der Waals surface area contributed by atoms with E-state index < -0.39 is 11.6 Å². The number of aromatic nitrogens is 2. The maximum Gasteiger partial charge on any atom is 0.163 e. The molecule has 0 saturated heterocycles. The topological polar surface area (TPSA) is 56.0 Å². The van der Waals surface area contributed by atoms with E-state index in [9.17, 15) is 8.78 Å². The Kier molecular flexibility index (Phi) is 5.55. The van der Waals surface area contributed by atoms with Gasteiger partial charge in [-0.2, -0.15) is 5.26 Å². The molecular weight excluding hydrogens is 300 g/mol. The van der Waals surface area contributed by atoms with Crippen LogP contribution in [0, 0.1) is 23.0 Å². The van der Waals surface area contributed by atoms with E-state index in [0.29, 0.717) is 17.9 Å². The maximum absolute atomic E-state index is 13.9. The standard InChI is InChI=1S/C16H17F2N5/c1-22(2)7-8-23(16-6-5-14(10-19)20-21-16)11-12-3-4-13(17)9-15(12)18/h3-6,9H,7-8,11H2,1-2H3. The van der Waals surface area contributed by atoms with Gasteiger partial charge in [0.05, 0.1) is 0 Å². The molecule has 1 aromatic carbocycles. The van der Waals surface area contributed by atoms with E-state index >= 15 is 0 Å². The first-order valence-corrected chi connectivity index (χ1v) is 7.07. The fourth-order valence-corrected chi connectivity index (χ4v) is 2.00. The number of nitrogens with zero attached hydrogens (tertiary/aromatic N) is 5. The van der Waals surface area contributed by atoms with Gasteiger partial charge >= 0.3 is 0 Å². The Labute approximate surface area is 133 Å². The molecule has 0 unspecified atom stereocenters. The third kappa shape index (κ3) is 4.69. The molecule has 0 aliphatic carbocycles. The Hall–Kier alpha value is -2.59. The molecule has 0 fully saturated rings. The predicted octanol–water partition coefficient (Wildman–Crippen LogP) is 2.19. The van der Waals surface area contributed by atoms with Crippen LogP contribution in [0.4, 0.5) is 14.6 Å². The van der Waals surface area contributed by atoms with Crippen molar-refractivity contribution in [1.82, 2.24) is 15.1 Å². The number of nitriles is 1. The molecule has 0 aliphatic rings. The van der Waals surface area contributed by atoms with Gasteiger partial charge in [0.15, 0.2) is 11.5 Å². The second kappa shape index (κ2) is 7.61. The third-order valence-electron chi connectivity index (χ3n) is 3.28. The summed E-state index contributed by atoms with van der Waals surface area (Å²) in [7, 11) is 3.86. The Morgan fingerprint density at radius 2 is 1.87 bits per heavy atom.